The first-order chi connectivity index (χ1) is 5.31. The van der Waals surface area contributed by atoms with Crippen LogP contribution in [0.2, 0.25) is 0 Å². The highest BCUT2D eigenvalue weighted by atomic mass is 32.2. The Morgan fingerprint density at radius 2 is 2.27 bits per heavy atom. The Morgan fingerprint density at radius 3 is 2.82 bits per heavy atom. The highest BCUT2D eigenvalue weighted by Gasteiger charge is 1.97. The van der Waals surface area contributed by atoms with Gasteiger partial charge in [-0.3, -0.25) is 0 Å². The van der Waals surface area contributed by atoms with Crippen LogP contribution in [0.1, 0.15) is 19.8 Å². The molecule has 0 saturated carbocycles. The van der Waals surface area contributed by atoms with Crippen LogP contribution in [0, 0.1) is 0 Å². The number of rotatable bonds is 7. The Hall–Kier alpha value is 0.270. The lowest BCUT2D eigenvalue weighted by Gasteiger charge is -2.11. The Kier molecular flexibility index (Phi) is 8.57. The summed E-state index contributed by atoms with van der Waals surface area (Å²) in [5.74, 6) is 1.25. The molecule has 0 aromatic heterocycles. The molecule has 0 aliphatic carbocycles. The normalized spacial score (nSPS) is 13.4. The van der Waals surface area contributed by atoms with E-state index in [0.717, 1.165) is 19.5 Å². The Labute approximate surface area is 74.3 Å². The van der Waals surface area contributed by atoms with Gasteiger partial charge >= 0.3 is 0 Å². The zero-order valence-electron chi connectivity index (χ0n) is 7.60. The van der Waals surface area contributed by atoms with E-state index in [1.165, 1.54) is 12.2 Å². The summed E-state index contributed by atoms with van der Waals surface area (Å²) in [6.07, 6.45) is 4.48. The second-order valence-electron chi connectivity index (χ2n) is 2.78. The van der Waals surface area contributed by atoms with Crippen LogP contribution >= 0.6 is 11.8 Å². The van der Waals surface area contributed by atoms with Gasteiger partial charge in [-0.15, -0.1) is 0 Å². The number of nitrogens with two attached hydrogens (primary N) is 1. The zero-order chi connectivity index (χ0) is 8.53. The van der Waals surface area contributed by atoms with Crippen molar-refractivity contribution in [2.24, 2.45) is 5.73 Å². The fourth-order valence-electron chi connectivity index (χ4n) is 0.917. The lowest BCUT2D eigenvalue weighted by atomic mass is 10.2. The van der Waals surface area contributed by atoms with Gasteiger partial charge in [0.25, 0.3) is 0 Å². The van der Waals surface area contributed by atoms with E-state index in [-0.39, 0.29) is 0 Å². The Morgan fingerprint density at radius 1 is 1.55 bits per heavy atom. The molecule has 0 saturated heterocycles. The molecule has 0 rings (SSSR count). The molecule has 0 bridgehead atoms. The molecule has 0 fully saturated rings. The maximum absolute atomic E-state index is 5.42. The highest BCUT2D eigenvalue weighted by molar-refractivity contribution is 7.98. The van der Waals surface area contributed by atoms with Gasteiger partial charge in [0.1, 0.15) is 0 Å². The van der Waals surface area contributed by atoms with Gasteiger partial charge in [0, 0.05) is 6.04 Å². The van der Waals surface area contributed by atoms with E-state index in [2.05, 4.69) is 18.5 Å². The van der Waals surface area contributed by atoms with Gasteiger partial charge in [-0.25, -0.2) is 0 Å². The molecule has 0 aromatic carbocycles. The summed E-state index contributed by atoms with van der Waals surface area (Å²) in [5.41, 5.74) is 5.42. The van der Waals surface area contributed by atoms with E-state index in [0.29, 0.717) is 6.04 Å². The lowest BCUT2D eigenvalue weighted by Crippen LogP contribution is -2.29. The maximum atomic E-state index is 5.42. The van der Waals surface area contributed by atoms with E-state index in [4.69, 9.17) is 5.73 Å². The third kappa shape index (κ3) is 8.17. The molecule has 3 heteroatoms. The molecule has 0 radical (unpaired) electrons. The molecule has 1 atom stereocenters. The molecule has 0 aliphatic rings. The van der Waals surface area contributed by atoms with Crippen molar-refractivity contribution in [1.29, 1.82) is 0 Å². The predicted molar refractivity (Wildman–Crippen MR) is 54.1 cm³/mol. The summed E-state index contributed by atoms with van der Waals surface area (Å²) in [4.78, 5) is 0. The molecular weight excluding hydrogens is 156 g/mol. The van der Waals surface area contributed by atoms with Crippen molar-refractivity contribution in [1.82, 2.24) is 5.32 Å². The van der Waals surface area contributed by atoms with Crippen molar-refractivity contribution < 1.29 is 0 Å². The van der Waals surface area contributed by atoms with E-state index < -0.39 is 0 Å². The standard InChI is InChI=1S/C8H20N2S/c1-8(4-5-9)10-6-3-7-11-2/h8,10H,3-7,9H2,1-2H3. The van der Waals surface area contributed by atoms with Gasteiger partial charge in [0.15, 0.2) is 0 Å². The van der Waals surface area contributed by atoms with Crippen molar-refractivity contribution in [3.05, 3.63) is 0 Å². The third-order valence-corrected chi connectivity index (χ3v) is 2.31. The molecule has 2 nitrogen and oxygen atoms in total. The zero-order valence-corrected chi connectivity index (χ0v) is 8.41. The van der Waals surface area contributed by atoms with Crippen LogP contribution in [0.25, 0.3) is 0 Å². The topological polar surface area (TPSA) is 38.0 Å². The quantitative estimate of drug-likeness (QED) is 0.570. The largest absolute Gasteiger partial charge is 0.330 e. The van der Waals surface area contributed by atoms with Crippen LogP contribution in [0.5, 0.6) is 0 Å². The van der Waals surface area contributed by atoms with Crippen LogP contribution in [0.3, 0.4) is 0 Å². The minimum Gasteiger partial charge on any atom is -0.330 e. The lowest BCUT2D eigenvalue weighted by molar-refractivity contribution is 0.520. The summed E-state index contributed by atoms with van der Waals surface area (Å²) in [6.45, 7) is 4.10. The number of hydrogen-bond acceptors (Lipinski definition) is 3. The Bertz CT molecular complexity index is 78.5. The third-order valence-electron chi connectivity index (χ3n) is 1.62. The van der Waals surface area contributed by atoms with Crippen LogP contribution < -0.4 is 11.1 Å². The molecular formula is C8H20N2S. The molecule has 0 amide bonds. The van der Waals surface area contributed by atoms with Crippen molar-refractivity contribution >= 4 is 11.8 Å². The van der Waals surface area contributed by atoms with Gasteiger partial charge in [-0.05, 0) is 44.9 Å². The average molecular weight is 176 g/mol. The minimum atomic E-state index is 0.585. The summed E-state index contributed by atoms with van der Waals surface area (Å²) < 4.78 is 0. The van der Waals surface area contributed by atoms with Crippen LogP contribution in [-0.2, 0) is 0 Å². The first-order valence-electron chi connectivity index (χ1n) is 4.23. The van der Waals surface area contributed by atoms with Crippen LogP contribution in [0.15, 0.2) is 0 Å². The first-order valence-corrected chi connectivity index (χ1v) is 5.63. The van der Waals surface area contributed by atoms with Crippen molar-refractivity contribution in [3.63, 3.8) is 0 Å². The maximum Gasteiger partial charge on any atom is 0.00507 e. The van der Waals surface area contributed by atoms with Gasteiger partial charge in [0.05, 0.1) is 0 Å². The number of nitrogens with one attached hydrogen (secondary N) is 1. The van der Waals surface area contributed by atoms with Gasteiger partial charge in [-0.1, -0.05) is 0 Å². The average Bonchev–Trinajstić information content (AvgIpc) is 1.99. The van der Waals surface area contributed by atoms with E-state index in [9.17, 15) is 0 Å². The summed E-state index contributed by atoms with van der Waals surface area (Å²) in [7, 11) is 0. The second-order valence-corrected chi connectivity index (χ2v) is 3.76. The molecule has 68 valence electrons. The SMILES string of the molecule is CSCCCNC(C)CCN. The molecule has 1 unspecified atom stereocenters. The smallest absolute Gasteiger partial charge is 0.00507 e. The van der Waals surface area contributed by atoms with Gasteiger partial charge in [-0.2, -0.15) is 11.8 Å². The van der Waals surface area contributed by atoms with E-state index >= 15 is 0 Å². The molecule has 11 heavy (non-hydrogen) atoms. The summed E-state index contributed by atoms with van der Waals surface area (Å²) in [5, 5.41) is 3.42. The number of thioether (sulfide) groups is 1. The van der Waals surface area contributed by atoms with Crippen LogP contribution in [-0.4, -0.2) is 31.1 Å². The summed E-state index contributed by atoms with van der Waals surface area (Å²) >= 11 is 1.90. The molecule has 0 spiro atoms. The molecule has 3 N–H and O–H groups in total. The highest BCUT2D eigenvalue weighted by Crippen LogP contribution is 1.94. The number of hydrogen-bond donors (Lipinski definition) is 2. The predicted octanol–water partition coefficient (Wildman–Crippen LogP) is 1.07. The fourth-order valence-corrected chi connectivity index (χ4v) is 1.35. The van der Waals surface area contributed by atoms with E-state index in [1.807, 2.05) is 11.8 Å². The van der Waals surface area contributed by atoms with Crippen molar-refractivity contribution in [2.45, 2.75) is 25.8 Å². The first kappa shape index (κ1) is 11.3. The monoisotopic (exact) mass is 176 g/mol. The molecule has 0 aliphatic heterocycles. The van der Waals surface area contributed by atoms with E-state index in [1.54, 1.807) is 0 Å². The van der Waals surface area contributed by atoms with Gasteiger partial charge < -0.3 is 11.1 Å². The fraction of sp³-hybridized carbons (Fsp3) is 1.00. The Balaban J connectivity index is 2.97. The van der Waals surface area contributed by atoms with Crippen LogP contribution in [0.4, 0.5) is 0 Å². The summed E-state index contributed by atoms with van der Waals surface area (Å²) in [6, 6.07) is 0.585. The minimum absolute atomic E-state index is 0.585. The van der Waals surface area contributed by atoms with Crippen molar-refractivity contribution in [2.75, 3.05) is 25.1 Å². The van der Waals surface area contributed by atoms with Gasteiger partial charge in [0.2, 0.25) is 0 Å². The molecule has 0 heterocycles. The molecule has 0 aromatic rings. The van der Waals surface area contributed by atoms with Crippen molar-refractivity contribution in [3.8, 4) is 0 Å². The second kappa shape index (κ2) is 8.37.